The van der Waals surface area contributed by atoms with E-state index in [9.17, 15) is 9.90 Å². The fourth-order valence-corrected chi connectivity index (χ4v) is 3.44. The number of hydrogen-bond donors (Lipinski definition) is 1. The first kappa shape index (κ1) is 20.2. The van der Waals surface area contributed by atoms with Crippen LogP contribution in [0.15, 0.2) is 30.3 Å². The van der Waals surface area contributed by atoms with Gasteiger partial charge < -0.3 is 9.84 Å². The lowest BCUT2D eigenvalue weighted by molar-refractivity contribution is -0.127. The number of aryl methyl sites for hydroxylation is 1. The summed E-state index contributed by atoms with van der Waals surface area (Å²) in [4.78, 5) is 12.4. The van der Waals surface area contributed by atoms with E-state index in [1.807, 2.05) is 32.9 Å². The Bertz CT molecular complexity index is 594. The van der Waals surface area contributed by atoms with Gasteiger partial charge in [0.2, 0.25) is 0 Å². The number of carbonyl (C=O) groups is 1. The number of rotatable bonds is 8. The number of hydrogen-bond acceptors (Lipinski definition) is 3. The molecule has 0 saturated carbocycles. The quantitative estimate of drug-likeness (QED) is 0.498. The molecule has 2 rings (SSSR count). The number of benzene rings is 1. The molecule has 138 valence electrons. The Morgan fingerprint density at radius 2 is 1.92 bits per heavy atom. The fourth-order valence-electron chi connectivity index (χ4n) is 3.05. The summed E-state index contributed by atoms with van der Waals surface area (Å²) in [6.07, 6.45) is 4.67. The van der Waals surface area contributed by atoms with Gasteiger partial charge in [-0.3, -0.25) is 4.79 Å². The predicted molar refractivity (Wildman–Crippen MR) is 106 cm³/mol. The summed E-state index contributed by atoms with van der Waals surface area (Å²) in [5.74, 6) is 0.366. The Morgan fingerprint density at radius 1 is 1.24 bits per heavy atom. The van der Waals surface area contributed by atoms with Gasteiger partial charge in [0, 0.05) is 17.0 Å². The van der Waals surface area contributed by atoms with Crippen LogP contribution in [-0.2, 0) is 16.0 Å². The van der Waals surface area contributed by atoms with Gasteiger partial charge in [0.15, 0.2) is 5.78 Å². The Hall–Kier alpha value is -1.13. The second-order valence-corrected chi connectivity index (χ2v) is 7.79. The molecular formula is C21H29BrO3. The number of aliphatic hydroxyl groups is 1. The van der Waals surface area contributed by atoms with Crippen molar-refractivity contribution in [2.24, 2.45) is 11.8 Å². The van der Waals surface area contributed by atoms with Crippen LogP contribution in [0.3, 0.4) is 0 Å². The highest BCUT2D eigenvalue weighted by molar-refractivity contribution is 9.09. The van der Waals surface area contributed by atoms with Crippen molar-refractivity contribution in [3.05, 3.63) is 41.5 Å². The van der Waals surface area contributed by atoms with E-state index >= 15 is 0 Å². The smallest absolute Gasteiger partial charge is 0.165 e. The van der Waals surface area contributed by atoms with Gasteiger partial charge in [0.05, 0.1) is 12.0 Å². The Kier molecular flexibility index (Phi) is 7.70. The number of unbranched alkanes of at least 4 members (excludes halogenated alkanes) is 1. The first-order valence-electron chi connectivity index (χ1n) is 9.23. The van der Waals surface area contributed by atoms with Crippen LogP contribution in [0.2, 0.25) is 0 Å². The van der Waals surface area contributed by atoms with E-state index < -0.39 is 12.2 Å². The van der Waals surface area contributed by atoms with Crippen molar-refractivity contribution >= 4 is 27.5 Å². The molecule has 0 bridgehead atoms. The molecular weight excluding hydrogens is 380 g/mol. The summed E-state index contributed by atoms with van der Waals surface area (Å²) in [7, 11) is 0. The van der Waals surface area contributed by atoms with E-state index in [4.69, 9.17) is 4.74 Å². The first-order chi connectivity index (χ1) is 12.0. The first-order valence-corrected chi connectivity index (χ1v) is 10.4. The maximum atomic E-state index is 12.4. The zero-order valence-electron chi connectivity index (χ0n) is 15.4. The molecule has 0 amide bonds. The molecule has 1 aromatic rings. The van der Waals surface area contributed by atoms with Gasteiger partial charge in [-0.15, -0.1) is 0 Å². The number of alkyl halides is 1. The van der Waals surface area contributed by atoms with Gasteiger partial charge in [-0.05, 0) is 30.7 Å². The Labute approximate surface area is 159 Å². The Balaban J connectivity index is 2.12. The minimum absolute atomic E-state index is 0.0231. The third-order valence-electron chi connectivity index (χ3n) is 5.13. The van der Waals surface area contributed by atoms with Crippen LogP contribution in [0, 0.1) is 11.8 Å². The van der Waals surface area contributed by atoms with Crippen molar-refractivity contribution in [1.29, 1.82) is 0 Å². The molecule has 0 spiro atoms. The molecule has 1 N–H and O–H groups in total. The largest absolute Gasteiger partial charge is 0.486 e. The van der Waals surface area contributed by atoms with Gasteiger partial charge >= 0.3 is 0 Å². The van der Waals surface area contributed by atoms with E-state index in [-0.39, 0.29) is 17.6 Å². The zero-order valence-corrected chi connectivity index (χ0v) is 17.0. The van der Waals surface area contributed by atoms with Gasteiger partial charge in [-0.25, -0.2) is 0 Å². The maximum Gasteiger partial charge on any atom is 0.165 e. The summed E-state index contributed by atoms with van der Waals surface area (Å²) in [6, 6.07) is 8.20. The van der Waals surface area contributed by atoms with E-state index in [1.165, 1.54) is 5.56 Å². The van der Waals surface area contributed by atoms with E-state index in [1.54, 1.807) is 6.08 Å². The van der Waals surface area contributed by atoms with Crippen LogP contribution in [0.5, 0.6) is 0 Å². The minimum atomic E-state index is -0.642. The summed E-state index contributed by atoms with van der Waals surface area (Å²) < 4.78 is 6.06. The van der Waals surface area contributed by atoms with Crippen molar-refractivity contribution in [3.8, 4) is 0 Å². The molecule has 25 heavy (non-hydrogen) atoms. The van der Waals surface area contributed by atoms with Gasteiger partial charge in [-0.2, -0.15) is 0 Å². The molecule has 1 aliphatic heterocycles. The number of ether oxygens (including phenoxy) is 1. The molecule has 4 unspecified atom stereocenters. The molecule has 3 nitrogen and oxygen atoms in total. The fraction of sp³-hybridized carbons (Fsp3) is 0.571. The van der Waals surface area contributed by atoms with Crippen LogP contribution in [0.4, 0.5) is 0 Å². The normalized spacial score (nSPS) is 22.9. The summed E-state index contributed by atoms with van der Waals surface area (Å²) in [5, 5.41) is 11.6. The van der Waals surface area contributed by atoms with Gasteiger partial charge in [0.1, 0.15) is 11.9 Å². The highest BCUT2D eigenvalue weighted by atomic mass is 79.9. The molecule has 0 fully saturated rings. The average molecular weight is 409 g/mol. The highest BCUT2D eigenvalue weighted by Crippen LogP contribution is 2.31. The van der Waals surface area contributed by atoms with Crippen LogP contribution in [0.1, 0.15) is 51.2 Å². The number of halogens is 1. The molecule has 1 heterocycles. The standard InChI is InChI=1S/C21H29BrO3/c1-4-14(2)20(24)21-15(3)18(23)13-19(25-21)17-10-8-16(9-11-17)7-5-6-12-22/h8-11,13-15,20-21,24H,4-7,12H2,1-3H3. The average Bonchev–Trinajstić information content (AvgIpc) is 2.63. The molecule has 4 heteroatoms. The summed E-state index contributed by atoms with van der Waals surface area (Å²) in [5.41, 5.74) is 2.18. The highest BCUT2D eigenvalue weighted by Gasteiger charge is 2.37. The van der Waals surface area contributed by atoms with Crippen LogP contribution in [0.25, 0.3) is 5.76 Å². The molecule has 0 radical (unpaired) electrons. The van der Waals surface area contributed by atoms with Crippen molar-refractivity contribution < 1.29 is 14.6 Å². The predicted octanol–water partition coefficient (Wildman–Crippen LogP) is 4.76. The van der Waals surface area contributed by atoms with E-state index in [2.05, 4.69) is 28.1 Å². The zero-order chi connectivity index (χ0) is 18.4. The lowest BCUT2D eigenvalue weighted by Crippen LogP contribution is -2.43. The minimum Gasteiger partial charge on any atom is -0.486 e. The van der Waals surface area contributed by atoms with Crippen LogP contribution in [-0.4, -0.2) is 28.4 Å². The lowest BCUT2D eigenvalue weighted by atomic mass is 9.86. The van der Waals surface area contributed by atoms with Crippen molar-refractivity contribution in [3.63, 3.8) is 0 Å². The van der Waals surface area contributed by atoms with E-state index in [0.717, 1.165) is 36.6 Å². The van der Waals surface area contributed by atoms with Gasteiger partial charge in [0.25, 0.3) is 0 Å². The summed E-state index contributed by atoms with van der Waals surface area (Å²) in [6.45, 7) is 5.86. The number of allylic oxidation sites excluding steroid dienone is 1. The second kappa shape index (κ2) is 9.54. The van der Waals surface area contributed by atoms with Gasteiger partial charge in [-0.1, -0.05) is 67.4 Å². The van der Waals surface area contributed by atoms with Crippen molar-refractivity contribution in [1.82, 2.24) is 0 Å². The van der Waals surface area contributed by atoms with Crippen molar-refractivity contribution in [2.45, 2.75) is 58.7 Å². The molecule has 0 aliphatic carbocycles. The lowest BCUT2D eigenvalue weighted by Gasteiger charge is -2.34. The van der Waals surface area contributed by atoms with Crippen LogP contribution >= 0.6 is 15.9 Å². The monoisotopic (exact) mass is 408 g/mol. The topological polar surface area (TPSA) is 46.5 Å². The number of carbonyl (C=O) groups excluding carboxylic acids is 1. The Morgan fingerprint density at radius 3 is 2.52 bits per heavy atom. The molecule has 4 atom stereocenters. The molecule has 0 aromatic heterocycles. The molecule has 1 aliphatic rings. The van der Waals surface area contributed by atoms with Crippen molar-refractivity contribution in [2.75, 3.05) is 5.33 Å². The van der Waals surface area contributed by atoms with Crippen LogP contribution < -0.4 is 0 Å². The van der Waals surface area contributed by atoms with E-state index in [0.29, 0.717) is 5.76 Å². The summed E-state index contributed by atoms with van der Waals surface area (Å²) >= 11 is 3.45. The number of ketones is 1. The second-order valence-electron chi connectivity index (χ2n) is 7.00. The molecule has 1 aromatic carbocycles. The number of aliphatic hydroxyl groups excluding tert-OH is 1. The third-order valence-corrected chi connectivity index (χ3v) is 5.69. The molecule has 0 saturated heterocycles. The SMILES string of the molecule is CCC(C)C(O)C1OC(c2ccc(CCCCBr)cc2)=CC(=O)C1C. The maximum absolute atomic E-state index is 12.4. The third kappa shape index (κ3) is 5.18.